The Morgan fingerprint density at radius 1 is 1.71 bits per heavy atom. The summed E-state index contributed by atoms with van der Waals surface area (Å²) in [5, 5.41) is 3.90. The summed E-state index contributed by atoms with van der Waals surface area (Å²) in [5.41, 5.74) is 0. The van der Waals surface area contributed by atoms with Gasteiger partial charge in [0.15, 0.2) is 0 Å². The van der Waals surface area contributed by atoms with Crippen molar-refractivity contribution in [2.45, 2.75) is 6.92 Å². The third-order valence-corrected chi connectivity index (χ3v) is 0.789. The van der Waals surface area contributed by atoms with Crippen molar-refractivity contribution in [1.82, 2.24) is 9.78 Å². The van der Waals surface area contributed by atoms with Crippen LogP contribution in [0.5, 0.6) is 0 Å². The van der Waals surface area contributed by atoms with Crippen LogP contribution in [0.15, 0.2) is 18.5 Å². The van der Waals surface area contributed by atoms with Gasteiger partial charge in [0.25, 0.3) is 0 Å². The van der Waals surface area contributed by atoms with Crippen molar-refractivity contribution in [1.29, 1.82) is 0 Å². The van der Waals surface area contributed by atoms with Crippen molar-refractivity contribution in [3.05, 3.63) is 25.0 Å². The molecule has 0 fully saturated rings. The Labute approximate surface area is 42.8 Å². The molecule has 1 aromatic rings. The first kappa shape index (κ1) is 4.37. The molecule has 1 heterocycles. The molecule has 0 aliphatic rings. The van der Waals surface area contributed by atoms with E-state index in [-0.39, 0.29) is 0 Å². The molecule has 1 rings (SSSR count). The largest absolute Gasteiger partial charge is 0.268 e. The van der Waals surface area contributed by atoms with Crippen molar-refractivity contribution in [2.75, 3.05) is 0 Å². The van der Waals surface area contributed by atoms with E-state index in [4.69, 9.17) is 0 Å². The molecule has 0 aromatic carbocycles. The molecule has 0 N–H and O–H groups in total. The van der Waals surface area contributed by atoms with E-state index in [0.29, 0.717) is 0 Å². The molecule has 1 radical (unpaired) electrons. The second kappa shape index (κ2) is 1.78. The normalized spacial score (nSPS) is 9.29. The average Bonchev–Trinajstić information content (AvgIpc) is 2.14. The van der Waals surface area contributed by atoms with Crippen molar-refractivity contribution < 1.29 is 0 Å². The smallest absolute Gasteiger partial charge is 0.0712 e. The first-order valence-electron chi connectivity index (χ1n) is 2.22. The maximum atomic E-state index is 3.90. The fourth-order valence-corrected chi connectivity index (χ4v) is 0.433. The standard InChI is InChI=1S/C5H7N2/c1-2-7-5-3-4-6-7/h2-5H,1H3. The minimum absolute atomic E-state index is 1.75. The van der Waals surface area contributed by atoms with Gasteiger partial charge < -0.3 is 0 Å². The number of aromatic nitrogens is 2. The summed E-state index contributed by atoms with van der Waals surface area (Å²) in [7, 11) is 0. The number of rotatable bonds is 1. The molecule has 2 nitrogen and oxygen atoms in total. The molecule has 7 heavy (non-hydrogen) atoms. The number of hydrogen-bond donors (Lipinski definition) is 0. The van der Waals surface area contributed by atoms with Gasteiger partial charge in [0.05, 0.1) is 6.54 Å². The Morgan fingerprint density at radius 3 is 2.86 bits per heavy atom. The van der Waals surface area contributed by atoms with Gasteiger partial charge in [-0.3, -0.25) is 4.68 Å². The highest BCUT2D eigenvalue weighted by atomic mass is 15.2. The molecule has 37 valence electrons. The third kappa shape index (κ3) is 0.796. The lowest BCUT2D eigenvalue weighted by atomic mass is 10.7. The summed E-state index contributed by atoms with van der Waals surface area (Å²) in [4.78, 5) is 0. The molecule has 2 heteroatoms. The van der Waals surface area contributed by atoms with Crippen molar-refractivity contribution in [2.24, 2.45) is 0 Å². The third-order valence-electron chi connectivity index (χ3n) is 0.789. The molecule has 0 unspecified atom stereocenters. The lowest BCUT2D eigenvalue weighted by Crippen LogP contribution is -1.88. The molecule has 0 bridgehead atoms. The van der Waals surface area contributed by atoms with Crippen LogP contribution in [0.2, 0.25) is 0 Å². The van der Waals surface area contributed by atoms with Gasteiger partial charge in [-0.1, -0.05) is 0 Å². The van der Waals surface area contributed by atoms with E-state index in [1.54, 1.807) is 10.9 Å². The first-order valence-corrected chi connectivity index (χ1v) is 2.22. The van der Waals surface area contributed by atoms with Crippen LogP contribution in [-0.4, -0.2) is 9.78 Å². The molecule has 0 atom stereocenters. The van der Waals surface area contributed by atoms with E-state index < -0.39 is 0 Å². The SMILES string of the molecule is C[CH]n1cccn1. The predicted octanol–water partition coefficient (Wildman–Crippen LogP) is 0.913. The van der Waals surface area contributed by atoms with E-state index in [9.17, 15) is 0 Å². The van der Waals surface area contributed by atoms with Crippen LogP contribution < -0.4 is 0 Å². The van der Waals surface area contributed by atoms with Gasteiger partial charge in [-0.2, -0.15) is 5.10 Å². The zero-order valence-electron chi connectivity index (χ0n) is 4.20. The van der Waals surface area contributed by atoms with Crippen LogP contribution >= 0.6 is 0 Å². The molecule has 0 saturated carbocycles. The highest BCUT2D eigenvalue weighted by molar-refractivity contribution is 4.80. The minimum atomic E-state index is 1.75. The lowest BCUT2D eigenvalue weighted by molar-refractivity contribution is 0.808. The van der Waals surface area contributed by atoms with Crippen LogP contribution in [0.3, 0.4) is 0 Å². The Balaban J connectivity index is 2.76. The highest BCUT2D eigenvalue weighted by Crippen LogP contribution is 1.82. The zero-order valence-corrected chi connectivity index (χ0v) is 4.20. The summed E-state index contributed by atoms with van der Waals surface area (Å²) in [5.74, 6) is 0. The molecule has 0 aliphatic carbocycles. The Kier molecular flexibility index (Phi) is 1.11. The monoisotopic (exact) mass is 95.1 g/mol. The zero-order chi connectivity index (χ0) is 5.11. The molecular weight excluding hydrogens is 88.1 g/mol. The van der Waals surface area contributed by atoms with E-state index in [1.165, 1.54) is 0 Å². The predicted molar refractivity (Wildman–Crippen MR) is 27.6 cm³/mol. The maximum Gasteiger partial charge on any atom is 0.0712 e. The Bertz CT molecular complexity index is 121. The van der Waals surface area contributed by atoms with Crippen molar-refractivity contribution in [3.8, 4) is 0 Å². The van der Waals surface area contributed by atoms with E-state index in [2.05, 4.69) is 5.10 Å². The molecule has 0 saturated heterocycles. The highest BCUT2D eigenvalue weighted by Gasteiger charge is 1.78. The molecule has 0 aliphatic heterocycles. The summed E-state index contributed by atoms with van der Waals surface area (Å²) in [6.07, 6.45) is 3.64. The van der Waals surface area contributed by atoms with E-state index in [0.717, 1.165) is 0 Å². The van der Waals surface area contributed by atoms with Crippen molar-refractivity contribution in [3.63, 3.8) is 0 Å². The quantitative estimate of drug-likeness (QED) is 0.507. The van der Waals surface area contributed by atoms with E-state index >= 15 is 0 Å². The fraction of sp³-hybridized carbons (Fsp3) is 0.200. The van der Waals surface area contributed by atoms with Crippen LogP contribution in [0.1, 0.15) is 6.92 Å². The van der Waals surface area contributed by atoms with Crippen molar-refractivity contribution >= 4 is 0 Å². The number of nitrogens with zero attached hydrogens (tertiary/aromatic N) is 2. The van der Waals surface area contributed by atoms with Gasteiger partial charge in [0.1, 0.15) is 0 Å². The van der Waals surface area contributed by atoms with Gasteiger partial charge in [0, 0.05) is 12.4 Å². The molecule has 0 spiro atoms. The topological polar surface area (TPSA) is 17.8 Å². The summed E-state index contributed by atoms with van der Waals surface area (Å²) < 4.78 is 1.75. The maximum absolute atomic E-state index is 3.90. The van der Waals surface area contributed by atoms with Gasteiger partial charge in [-0.05, 0) is 13.0 Å². The van der Waals surface area contributed by atoms with Gasteiger partial charge >= 0.3 is 0 Å². The lowest BCUT2D eigenvalue weighted by Gasteiger charge is -1.86. The van der Waals surface area contributed by atoms with Gasteiger partial charge in [-0.15, -0.1) is 0 Å². The summed E-state index contributed by atoms with van der Waals surface area (Å²) >= 11 is 0. The average molecular weight is 95.1 g/mol. The fourth-order valence-electron chi connectivity index (χ4n) is 0.433. The first-order chi connectivity index (χ1) is 3.43. The summed E-state index contributed by atoms with van der Waals surface area (Å²) in [6, 6.07) is 1.89. The Morgan fingerprint density at radius 2 is 2.57 bits per heavy atom. The number of hydrogen-bond acceptors (Lipinski definition) is 1. The van der Waals surface area contributed by atoms with Gasteiger partial charge in [-0.25, -0.2) is 0 Å². The van der Waals surface area contributed by atoms with E-state index in [1.807, 2.05) is 25.7 Å². The minimum Gasteiger partial charge on any atom is -0.268 e. The van der Waals surface area contributed by atoms with Gasteiger partial charge in [0.2, 0.25) is 0 Å². The second-order valence-corrected chi connectivity index (χ2v) is 1.24. The van der Waals surface area contributed by atoms with Crippen LogP contribution in [0.25, 0.3) is 0 Å². The molecule has 0 amide bonds. The molecule has 1 aromatic heterocycles. The second-order valence-electron chi connectivity index (χ2n) is 1.24. The van der Waals surface area contributed by atoms with Crippen LogP contribution in [0.4, 0.5) is 0 Å². The van der Waals surface area contributed by atoms with Crippen LogP contribution in [0, 0.1) is 6.54 Å². The summed E-state index contributed by atoms with van der Waals surface area (Å²) in [6.45, 7) is 3.83. The molecular formula is C5H7N2. The Hall–Kier alpha value is -0.790. The van der Waals surface area contributed by atoms with Crippen LogP contribution in [-0.2, 0) is 0 Å².